The van der Waals surface area contributed by atoms with Gasteiger partial charge in [-0.25, -0.2) is 15.0 Å². The van der Waals surface area contributed by atoms with Crippen LogP contribution in [0.15, 0.2) is 24.8 Å². The summed E-state index contributed by atoms with van der Waals surface area (Å²) in [4.78, 5) is 30.5. The van der Waals surface area contributed by atoms with Gasteiger partial charge in [0.25, 0.3) is 0 Å². The number of aromatic nitrogens is 4. The second kappa shape index (κ2) is 7.89. The molecule has 7 nitrogen and oxygen atoms in total. The normalized spacial score (nSPS) is 23.8. The van der Waals surface area contributed by atoms with Gasteiger partial charge in [-0.15, -0.1) is 0 Å². The number of nitrogens with zero attached hydrogens (tertiary/aromatic N) is 6. The number of carbonyl (C=O) groups is 1. The first-order valence-corrected chi connectivity index (χ1v) is 10.4. The van der Waals surface area contributed by atoms with E-state index in [2.05, 4.69) is 38.6 Å². The first kappa shape index (κ1) is 18.9. The second-order valence-corrected chi connectivity index (χ2v) is 8.53. The monoisotopic (exact) mass is 382 g/mol. The van der Waals surface area contributed by atoms with E-state index < -0.39 is 0 Å². The molecule has 7 heteroatoms. The van der Waals surface area contributed by atoms with Gasteiger partial charge in [-0.05, 0) is 38.0 Å². The quantitative estimate of drug-likeness (QED) is 0.816. The standard InChI is InChI=1S/C21H30N6O/c1-15-10-16(2)13-26(12-15)21(28)18-4-7-25(8-5-18)19-11-20(24-14-23-19)27-9-6-22-17(27)3/h6,9,11,14-16,18H,4-5,7-8,10,12-13H2,1-3H3. The Labute approximate surface area is 166 Å². The Morgan fingerprint density at radius 1 is 1.04 bits per heavy atom. The van der Waals surface area contributed by atoms with Crippen molar-refractivity contribution >= 4 is 11.7 Å². The average molecular weight is 383 g/mol. The predicted octanol–water partition coefficient (Wildman–Crippen LogP) is 2.69. The number of amides is 1. The van der Waals surface area contributed by atoms with Gasteiger partial charge in [-0.1, -0.05) is 13.8 Å². The first-order valence-electron chi connectivity index (χ1n) is 10.4. The summed E-state index contributed by atoms with van der Waals surface area (Å²) >= 11 is 0. The summed E-state index contributed by atoms with van der Waals surface area (Å²) in [7, 11) is 0. The molecule has 0 N–H and O–H groups in total. The maximum atomic E-state index is 13.0. The minimum Gasteiger partial charge on any atom is -0.356 e. The van der Waals surface area contributed by atoms with Crippen molar-refractivity contribution in [3.8, 4) is 5.82 Å². The highest BCUT2D eigenvalue weighted by Crippen LogP contribution is 2.27. The predicted molar refractivity (Wildman–Crippen MR) is 108 cm³/mol. The van der Waals surface area contributed by atoms with Crippen LogP contribution in [-0.4, -0.2) is 56.5 Å². The summed E-state index contributed by atoms with van der Waals surface area (Å²) in [6.07, 6.45) is 8.30. The van der Waals surface area contributed by atoms with Gasteiger partial charge in [0.1, 0.15) is 23.8 Å². The lowest BCUT2D eigenvalue weighted by atomic mass is 9.89. The molecule has 2 aliphatic heterocycles. The molecular weight excluding hydrogens is 352 g/mol. The molecule has 2 aliphatic rings. The van der Waals surface area contributed by atoms with Crippen molar-refractivity contribution in [2.45, 2.75) is 40.0 Å². The van der Waals surface area contributed by atoms with Crippen LogP contribution in [0.1, 0.15) is 38.9 Å². The van der Waals surface area contributed by atoms with Crippen LogP contribution >= 0.6 is 0 Å². The molecule has 0 saturated carbocycles. The van der Waals surface area contributed by atoms with E-state index in [0.717, 1.165) is 56.5 Å². The Hall–Kier alpha value is -2.44. The van der Waals surface area contributed by atoms with E-state index >= 15 is 0 Å². The molecule has 0 spiro atoms. The number of rotatable bonds is 3. The Bertz CT molecular complexity index is 816. The maximum Gasteiger partial charge on any atom is 0.225 e. The SMILES string of the molecule is Cc1nccn1-c1cc(N2CCC(C(=O)N3CC(C)CC(C)C3)CC2)ncn1. The van der Waals surface area contributed by atoms with Gasteiger partial charge in [-0.2, -0.15) is 0 Å². The highest BCUT2D eigenvalue weighted by atomic mass is 16.2. The largest absolute Gasteiger partial charge is 0.356 e. The van der Waals surface area contributed by atoms with Crippen LogP contribution in [-0.2, 0) is 4.79 Å². The van der Waals surface area contributed by atoms with Crippen LogP contribution in [0.4, 0.5) is 5.82 Å². The molecule has 2 unspecified atom stereocenters. The summed E-state index contributed by atoms with van der Waals surface area (Å²) in [5, 5.41) is 0. The van der Waals surface area contributed by atoms with Crippen LogP contribution in [0.5, 0.6) is 0 Å². The molecule has 2 fully saturated rings. The van der Waals surface area contributed by atoms with E-state index in [1.807, 2.05) is 23.8 Å². The van der Waals surface area contributed by atoms with Crippen LogP contribution < -0.4 is 4.90 Å². The Morgan fingerprint density at radius 2 is 1.71 bits per heavy atom. The Morgan fingerprint density at radius 3 is 2.36 bits per heavy atom. The molecule has 2 aromatic heterocycles. The lowest BCUT2D eigenvalue weighted by Crippen LogP contribution is -2.48. The van der Waals surface area contributed by atoms with Gasteiger partial charge in [0.2, 0.25) is 5.91 Å². The number of likely N-dealkylation sites (tertiary alicyclic amines) is 1. The second-order valence-electron chi connectivity index (χ2n) is 8.53. The molecule has 2 atom stereocenters. The van der Waals surface area contributed by atoms with Crippen molar-refractivity contribution in [3.63, 3.8) is 0 Å². The van der Waals surface area contributed by atoms with Crippen molar-refractivity contribution in [3.05, 3.63) is 30.6 Å². The van der Waals surface area contributed by atoms with Crippen LogP contribution in [0.2, 0.25) is 0 Å². The van der Waals surface area contributed by atoms with E-state index in [9.17, 15) is 4.79 Å². The summed E-state index contributed by atoms with van der Waals surface area (Å²) in [5.41, 5.74) is 0. The zero-order valence-corrected chi connectivity index (χ0v) is 17.1. The summed E-state index contributed by atoms with van der Waals surface area (Å²) in [6.45, 7) is 10.0. The van der Waals surface area contributed by atoms with Crippen molar-refractivity contribution < 1.29 is 4.79 Å². The van der Waals surface area contributed by atoms with Crippen molar-refractivity contribution in [1.82, 2.24) is 24.4 Å². The third-order valence-electron chi connectivity index (χ3n) is 6.06. The molecule has 0 bridgehead atoms. The van der Waals surface area contributed by atoms with Gasteiger partial charge in [0, 0.05) is 50.6 Å². The molecule has 1 amide bonds. The third kappa shape index (κ3) is 3.88. The van der Waals surface area contributed by atoms with E-state index in [0.29, 0.717) is 17.7 Å². The lowest BCUT2D eigenvalue weighted by Gasteiger charge is -2.39. The summed E-state index contributed by atoms with van der Waals surface area (Å²) in [5.74, 6) is 4.37. The number of piperidine rings is 2. The van der Waals surface area contributed by atoms with E-state index in [1.54, 1.807) is 12.5 Å². The third-order valence-corrected chi connectivity index (χ3v) is 6.06. The minimum atomic E-state index is 0.144. The molecule has 0 aromatic carbocycles. The lowest BCUT2D eigenvalue weighted by molar-refractivity contribution is -0.138. The van der Waals surface area contributed by atoms with Gasteiger partial charge in [0.05, 0.1) is 0 Å². The van der Waals surface area contributed by atoms with Crippen LogP contribution in [0.3, 0.4) is 0 Å². The van der Waals surface area contributed by atoms with Crippen LogP contribution in [0.25, 0.3) is 5.82 Å². The Balaban J connectivity index is 1.39. The molecule has 4 rings (SSSR count). The van der Waals surface area contributed by atoms with Gasteiger partial charge >= 0.3 is 0 Å². The summed E-state index contributed by atoms with van der Waals surface area (Å²) in [6, 6.07) is 2.00. The Kier molecular flexibility index (Phi) is 5.33. The van der Waals surface area contributed by atoms with E-state index in [-0.39, 0.29) is 5.92 Å². The minimum absolute atomic E-state index is 0.144. The fraction of sp³-hybridized carbons (Fsp3) is 0.619. The molecule has 28 heavy (non-hydrogen) atoms. The van der Waals surface area contributed by atoms with E-state index in [1.165, 1.54) is 6.42 Å². The molecular formula is C21H30N6O. The molecule has 0 aliphatic carbocycles. The van der Waals surface area contributed by atoms with Gasteiger partial charge in [-0.3, -0.25) is 9.36 Å². The summed E-state index contributed by atoms with van der Waals surface area (Å²) < 4.78 is 1.96. The average Bonchev–Trinajstić information content (AvgIpc) is 3.13. The van der Waals surface area contributed by atoms with E-state index in [4.69, 9.17) is 0 Å². The first-order chi connectivity index (χ1) is 13.5. The fourth-order valence-corrected chi connectivity index (χ4v) is 4.72. The highest BCUT2D eigenvalue weighted by Gasteiger charge is 2.32. The van der Waals surface area contributed by atoms with Crippen molar-refractivity contribution in [2.24, 2.45) is 17.8 Å². The van der Waals surface area contributed by atoms with Crippen LogP contribution in [0, 0.1) is 24.7 Å². The van der Waals surface area contributed by atoms with Gasteiger partial charge in [0.15, 0.2) is 0 Å². The number of carbonyl (C=O) groups excluding carboxylic acids is 1. The number of hydrogen-bond acceptors (Lipinski definition) is 5. The molecule has 150 valence electrons. The zero-order chi connectivity index (χ0) is 19.7. The fourth-order valence-electron chi connectivity index (χ4n) is 4.72. The topological polar surface area (TPSA) is 67.2 Å². The highest BCUT2D eigenvalue weighted by molar-refractivity contribution is 5.79. The number of imidazole rings is 1. The number of hydrogen-bond donors (Lipinski definition) is 0. The molecule has 4 heterocycles. The van der Waals surface area contributed by atoms with Crippen molar-refractivity contribution in [2.75, 3.05) is 31.1 Å². The smallest absolute Gasteiger partial charge is 0.225 e. The van der Waals surface area contributed by atoms with Crippen molar-refractivity contribution in [1.29, 1.82) is 0 Å². The number of aryl methyl sites for hydroxylation is 1. The molecule has 2 aromatic rings. The molecule has 2 saturated heterocycles. The maximum absolute atomic E-state index is 13.0. The molecule has 0 radical (unpaired) electrons. The van der Waals surface area contributed by atoms with Gasteiger partial charge < -0.3 is 9.80 Å². The number of anilines is 1. The zero-order valence-electron chi connectivity index (χ0n) is 17.1.